The molecule has 1 atom stereocenters. The van der Waals surface area contributed by atoms with Gasteiger partial charge in [0.1, 0.15) is 5.82 Å². The summed E-state index contributed by atoms with van der Waals surface area (Å²) in [6.45, 7) is 2.00. The van der Waals surface area contributed by atoms with Gasteiger partial charge in [-0.1, -0.05) is 0 Å². The van der Waals surface area contributed by atoms with Crippen LogP contribution in [0.3, 0.4) is 0 Å². The van der Waals surface area contributed by atoms with E-state index in [9.17, 15) is 0 Å². The first-order valence-corrected chi connectivity index (χ1v) is 6.73. The lowest BCUT2D eigenvalue weighted by molar-refractivity contribution is 0.356. The van der Waals surface area contributed by atoms with Crippen molar-refractivity contribution in [3.8, 4) is 17.6 Å². The second-order valence-corrected chi connectivity index (χ2v) is 4.89. The monoisotopic (exact) mass is 285 g/mol. The predicted octanol–water partition coefficient (Wildman–Crippen LogP) is 2.99. The highest BCUT2D eigenvalue weighted by molar-refractivity contribution is 5.94. The molecule has 0 aliphatic rings. The molecule has 0 bridgehead atoms. The Morgan fingerprint density at radius 1 is 1.29 bits per heavy atom. The van der Waals surface area contributed by atoms with E-state index in [2.05, 4.69) is 11.1 Å². The number of ether oxygens (including phenoxy) is 2. The standard InChI is InChI=1S/C16H19N3O2/c1-11(5-7-17)19(2)16-13-10-15(21-4)14(20-3)9-12(13)6-8-18-16/h6,8-11H,5H2,1-4H3. The Labute approximate surface area is 124 Å². The van der Waals surface area contributed by atoms with Gasteiger partial charge in [-0.2, -0.15) is 5.26 Å². The van der Waals surface area contributed by atoms with Crippen molar-refractivity contribution in [2.45, 2.75) is 19.4 Å². The SMILES string of the molecule is COc1cc2ccnc(N(C)C(C)CC#N)c2cc1OC. The number of nitriles is 1. The predicted molar refractivity (Wildman–Crippen MR) is 82.9 cm³/mol. The van der Waals surface area contributed by atoms with Gasteiger partial charge in [0.05, 0.1) is 26.7 Å². The number of methoxy groups -OCH3 is 2. The van der Waals surface area contributed by atoms with E-state index in [1.54, 1.807) is 20.4 Å². The molecule has 0 radical (unpaired) electrons. The van der Waals surface area contributed by atoms with Crippen molar-refractivity contribution in [2.75, 3.05) is 26.2 Å². The molecule has 0 aliphatic heterocycles. The summed E-state index contributed by atoms with van der Waals surface area (Å²) in [7, 11) is 5.18. The number of fused-ring (bicyclic) bond motifs is 1. The number of pyridine rings is 1. The van der Waals surface area contributed by atoms with Gasteiger partial charge in [-0.3, -0.25) is 0 Å². The zero-order valence-electron chi connectivity index (χ0n) is 12.8. The summed E-state index contributed by atoms with van der Waals surface area (Å²) in [5.74, 6) is 2.19. The summed E-state index contributed by atoms with van der Waals surface area (Å²) in [6.07, 6.45) is 2.21. The second kappa shape index (κ2) is 6.31. The molecule has 1 heterocycles. The third-order valence-corrected chi connectivity index (χ3v) is 3.63. The van der Waals surface area contributed by atoms with Gasteiger partial charge in [-0.25, -0.2) is 4.98 Å². The van der Waals surface area contributed by atoms with E-state index in [0.29, 0.717) is 17.9 Å². The first-order chi connectivity index (χ1) is 10.1. The van der Waals surface area contributed by atoms with Crippen molar-refractivity contribution < 1.29 is 9.47 Å². The molecule has 0 saturated heterocycles. The Kier molecular flexibility index (Phi) is 4.49. The zero-order valence-corrected chi connectivity index (χ0v) is 12.8. The van der Waals surface area contributed by atoms with E-state index in [-0.39, 0.29) is 6.04 Å². The minimum Gasteiger partial charge on any atom is -0.493 e. The number of hydrogen-bond acceptors (Lipinski definition) is 5. The fourth-order valence-electron chi connectivity index (χ4n) is 2.24. The van der Waals surface area contributed by atoms with Crippen LogP contribution < -0.4 is 14.4 Å². The minimum absolute atomic E-state index is 0.0844. The highest BCUT2D eigenvalue weighted by Crippen LogP contribution is 2.35. The summed E-state index contributed by atoms with van der Waals surface area (Å²) in [6, 6.07) is 8.07. The maximum Gasteiger partial charge on any atom is 0.161 e. The average Bonchev–Trinajstić information content (AvgIpc) is 2.52. The molecule has 0 fully saturated rings. The highest BCUT2D eigenvalue weighted by atomic mass is 16.5. The molecule has 1 aromatic carbocycles. The molecule has 1 unspecified atom stereocenters. The van der Waals surface area contributed by atoms with Crippen molar-refractivity contribution in [3.63, 3.8) is 0 Å². The second-order valence-electron chi connectivity index (χ2n) is 4.89. The first-order valence-electron chi connectivity index (χ1n) is 6.73. The Bertz CT molecular complexity index is 679. The third-order valence-electron chi connectivity index (χ3n) is 3.63. The van der Waals surface area contributed by atoms with Crippen LogP contribution in [0, 0.1) is 11.3 Å². The van der Waals surface area contributed by atoms with E-state index < -0.39 is 0 Å². The van der Waals surface area contributed by atoms with Crippen molar-refractivity contribution >= 4 is 16.6 Å². The van der Waals surface area contributed by atoms with Crippen molar-refractivity contribution in [3.05, 3.63) is 24.4 Å². The van der Waals surface area contributed by atoms with E-state index in [1.165, 1.54) is 0 Å². The molecule has 21 heavy (non-hydrogen) atoms. The zero-order chi connectivity index (χ0) is 15.4. The van der Waals surface area contributed by atoms with Crippen LogP contribution in [0.4, 0.5) is 5.82 Å². The quantitative estimate of drug-likeness (QED) is 0.845. The van der Waals surface area contributed by atoms with Crippen LogP contribution in [-0.2, 0) is 0 Å². The van der Waals surface area contributed by atoms with Gasteiger partial charge in [0.15, 0.2) is 11.5 Å². The Morgan fingerprint density at radius 2 is 1.95 bits per heavy atom. The first kappa shape index (κ1) is 14.9. The van der Waals surface area contributed by atoms with Gasteiger partial charge < -0.3 is 14.4 Å². The molecule has 110 valence electrons. The minimum atomic E-state index is 0.0844. The highest BCUT2D eigenvalue weighted by Gasteiger charge is 2.16. The lowest BCUT2D eigenvalue weighted by Crippen LogP contribution is -2.29. The number of anilines is 1. The smallest absolute Gasteiger partial charge is 0.161 e. The molecule has 0 amide bonds. The number of hydrogen-bond donors (Lipinski definition) is 0. The maximum atomic E-state index is 8.86. The van der Waals surface area contributed by atoms with Crippen molar-refractivity contribution in [1.82, 2.24) is 4.98 Å². The van der Waals surface area contributed by atoms with Gasteiger partial charge in [0.2, 0.25) is 0 Å². The molecule has 0 aliphatic carbocycles. The fourth-order valence-corrected chi connectivity index (χ4v) is 2.24. The van der Waals surface area contributed by atoms with Crippen molar-refractivity contribution in [1.29, 1.82) is 5.26 Å². The van der Waals surface area contributed by atoms with Crippen LogP contribution in [-0.4, -0.2) is 32.3 Å². The Balaban J connectivity index is 2.57. The fraction of sp³-hybridized carbons (Fsp3) is 0.375. The largest absolute Gasteiger partial charge is 0.493 e. The number of nitrogens with zero attached hydrogens (tertiary/aromatic N) is 3. The molecule has 1 aromatic heterocycles. The molecule has 2 aromatic rings. The molecule has 0 spiro atoms. The summed E-state index contributed by atoms with van der Waals surface area (Å²) in [5.41, 5.74) is 0. The van der Waals surface area contributed by atoms with Gasteiger partial charge in [0, 0.05) is 24.7 Å². The van der Waals surface area contributed by atoms with Crippen LogP contribution in [0.5, 0.6) is 11.5 Å². The van der Waals surface area contributed by atoms with E-state index in [1.807, 2.05) is 37.1 Å². The lowest BCUT2D eigenvalue weighted by atomic mass is 10.1. The van der Waals surface area contributed by atoms with Gasteiger partial charge >= 0.3 is 0 Å². The van der Waals surface area contributed by atoms with Gasteiger partial charge in [0.25, 0.3) is 0 Å². The summed E-state index contributed by atoms with van der Waals surface area (Å²) in [5, 5.41) is 10.9. The number of benzene rings is 1. The van der Waals surface area contributed by atoms with E-state index in [4.69, 9.17) is 14.7 Å². The molecule has 0 saturated carbocycles. The average molecular weight is 285 g/mol. The maximum absolute atomic E-state index is 8.86. The van der Waals surface area contributed by atoms with Crippen LogP contribution in [0.25, 0.3) is 10.8 Å². The molecule has 5 heteroatoms. The third kappa shape index (κ3) is 2.84. The number of aromatic nitrogens is 1. The summed E-state index contributed by atoms with van der Waals surface area (Å²) in [4.78, 5) is 6.47. The van der Waals surface area contributed by atoms with Crippen LogP contribution >= 0.6 is 0 Å². The van der Waals surface area contributed by atoms with E-state index >= 15 is 0 Å². The van der Waals surface area contributed by atoms with Crippen molar-refractivity contribution in [2.24, 2.45) is 0 Å². The normalized spacial score (nSPS) is 11.8. The Morgan fingerprint density at radius 3 is 2.57 bits per heavy atom. The van der Waals surface area contributed by atoms with Crippen LogP contribution in [0.15, 0.2) is 24.4 Å². The van der Waals surface area contributed by atoms with E-state index in [0.717, 1.165) is 16.6 Å². The topological polar surface area (TPSA) is 58.4 Å². The molecular formula is C16H19N3O2. The lowest BCUT2D eigenvalue weighted by Gasteiger charge is -2.25. The Hall–Kier alpha value is -2.48. The molecule has 0 N–H and O–H groups in total. The van der Waals surface area contributed by atoms with Gasteiger partial charge in [-0.05, 0) is 30.5 Å². The van der Waals surface area contributed by atoms with Gasteiger partial charge in [-0.15, -0.1) is 0 Å². The molecule has 2 rings (SSSR count). The van der Waals surface area contributed by atoms with Crippen LogP contribution in [0.1, 0.15) is 13.3 Å². The molecular weight excluding hydrogens is 266 g/mol. The van der Waals surface area contributed by atoms with Crippen LogP contribution in [0.2, 0.25) is 0 Å². The number of rotatable bonds is 5. The summed E-state index contributed by atoms with van der Waals surface area (Å²) >= 11 is 0. The molecule has 5 nitrogen and oxygen atoms in total. The summed E-state index contributed by atoms with van der Waals surface area (Å²) < 4.78 is 10.7.